The number of methoxy groups -OCH3 is 1. The Morgan fingerprint density at radius 3 is 2.56 bits per heavy atom. The molecular weight excluding hydrogens is 224 g/mol. The van der Waals surface area contributed by atoms with E-state index in [1.54, 1.807) is 7.11 Å². The van der Waals surface area contributed by atoms with Crippen LogP contribution in [-0.4, -0.2) is 12.2 Å². The number of benzene rings is 1. The summed E-state index contributed by atoms with van der Waals surface area (Å²) in [7, 11) is 1.68. The first kappa shape index (κ1) is 13.4. The van der Waals surface area contributed by atoms with E-state index in [-0.39, 0.29) is 0 Å². The molecule has 18 heavy (non-hydrogen) atoms. The van der Waals surface area contributed by atoms with Gasteiger partial charge in [0.2, 0.25) is 0 Å². The monoisotopic (exact) mass is 248 g/mol. The molecule has 0 radical (unpaired) electrons. The maximum absolute atomic E-state index is 10.9. The molecule has 1 aromatic carbocycles. The standard InChI is InChI=1S/C16H24O2/c1-4-13-7-9-16(17,10-8-13)14-11-12(2)5-6-15(14)18-3/h5-6,11,13,17H,4,7-10H2,1-3H3. The van der Waals surface area contributed by atoms with Crippen molar-refractivity contribution in [2.75, 3.05) is 7.11 Å². The molecule has 1 aliphatic rings. The summed E-state index contributed by atoms with van der Waals surface area (Å²) in [4.78, 5) is 0. The van der Waals surface area contributed by atoms with Crippen LogP contribution in [0.25, 0.3) is 0 Å². The highest BCUT2D eigenvalue weighted by Gasteiger charge is 2.36. The van der Waals surface area contributed by atoms with Crippen molar-refractivity contribution >= 4 is 0 Å². The van der Waals surface area contributed by atoms with Crippen LogP contribution in [0, 0.1) is 12.8 Å². The average Bonchev–Trinajstić information content (AvgIpc) is 2.39. The fourth-order valence-corrected chi connectivity index (χ4v) is 3.02. The van der Waals surface area contributed by atoms with Gasteiger partial charge in [0.25, 0.3) is 0 Å². The summed E-state index contributed by atoms with van der Waals surface area (Å²) in [5.41, 5.74) is 1.46. The van der Waals surface area contributed by atoms with Crippen molar-refractivity contribution in [1.29, 1.82) is 0 Å². The largest absolute Gasteiger partial charge is 0.496 e. The Morgan fingerprint density at radius 2 is 2.00 bits per heavy atom. The van der Waals surface area contributed by atoms with Gasteiger partial charge < -0.3 is 9.84 Å². The highest BCUT2D eigenvalue weighted by molar-refractivity contribution is 5.41. The minimum absolute atomic E-state index is 0.691. The smallest absolute Gasteiger partial charge is 0.124 e. The molecule has 2 heteroatoms. The average molecular weight is 248 g/mol. The summed E-state index contributed by atoms with van der Waals surface area (Å²) >= 11 is 0. The molecule has 0 amide bonds. The molecule has 0 heterocycles. The summed E-state index contributed by atoms with van der Waals surface area (Å²) in [6.45, 7) is 4.30. The predicted molar refractivity (Wildman–Crippen MR) is 73.9 cm³/mol. The molecule has 1 aromatic rings. The van der Waals surface area contributed by atoms with E-state index in [2.05, 4.69) is 19.9 Å². The van der Waals surface area contributed by atoms with Crippen LogP contribution >= 0.6 is 0 Å². The van der Waals surface area contributed by atoms with Gasteiger partial charge in [0.05, 0.1) is 12.7 Å². The highest BCUT2D eigenvalue weighted by atomic mass is 16.5. The zero-order chi connectivity index (χ0) is 13.2. The SMILES string of the molecule is CCC1CCC(O)(c2cc(C)ccc2OC)CC1. The lowest BCUT2D eigenvalue weighted by Crippen LogP contribution is -2.31. The van der Waals surface area contributed by atoms with Crippen LogP contribution in [-0.2, 0) is 5.60 Å². The molecule has 1 aliphatic carbocycles. The third kappa shape index (κ3) is 2.54. The predicted octanol–water partition coefficient (Wildman–Crippen LogP) is 3.79. The molecule has 100 valence electrons. The second-order valence-electron chi connectivity index (χ2n) is 5.59. The van der Waals surface area contributed by atoms with Crippen molar-refractivity contribution in [1.82, 2.24) is 0 Å². The number of ether oxygens (including phenoxy) is 1. The van der Waals surface area contributed by atoms with Gasteiger partial charge >= 0.3 is 0 Å². The van der Waals surface area contributed by atoms with Crippen molar-refractivity contribution in [3.8, 4) is 5.75 Å². The summed E-state index contributed by atoms with van der Waals surface area (Å²) in [6, 6.07) is 6.07. The van der Waals surface area contributed by atoms with Gasteiger partial charge in [0.1, 0.15) is 5.75 Å². The first-order valence-corrected chi connectivity index (χ1v) is 6.96. The third-order valence-electron chi connectivity index (χ3n) is 4.37. The van der Waals surface area contributed by atoms with E-state index in [1.807, 2.05) is 12.1 Å². The molecule has 2 rings (SSSR count). The molecule has 0 unspecified atom stereocenters. The van der Waals surface area contributed by atoms with Crippen LogP contribution in [0.1, 0.15) is 50.2 Å². The normalized spacial score (nSPS) is 28.1. The van der Waals surface area contributed by atoms with E-state index < -0.39 is 5.60 Å². The topological polar surface area (TPSA) is 29.5 Å². The number of rotatable bonds is 3. The Morgan fingerprint density at radius 1 is 1.33 bits per heavy atom. The van der Waals surface area contributed by atoms with E-state index in [0.717, 1.165) is 42.9 Å². The maximum Gasteiger partial charge on any atom is 0.124 e. The number of hydrogen-bond donors (Lipinski definition) is 1. The van der Waals surface area contributed by atoms with Gasteiger partial charge in [-0.2, -0.15) is 0 Å². The van der Waals surface area contributed by atoms with E-state index in [0.29, 0.717) is 0 Å². The summed E-state index contributed by atoms with van der Waals surface area (Å²) in [6.07, 6.45) is 5.16. The lowest BCUT2D eigenvalue weighted by molar-refractivity contribution is -0.0163. The van der Waals surface area contributed by atoms with Crippen LogP contribution in [0.15, 0.2) is 18.2 Å². The van der Waals surface area contributed by atoms with Crippen molar-refractivity contribution in [3.63, 3.8) is 0 Å². The molecule has 0 spiro atoms. The van der Waals surface area contributed by atoms with Crippen LogP contribution in [0.2, 0.25) is 0 Å². The zero-order valence-electron chi connectivity index (χ0n) is 11.7. The Balaban J connectivity index is 2.27. The van der Waals surface area contributed by atoms with Crippen molar-refractivity contribution in [3.05, 3.63) is 29.3 Å². The zero-order valence-corrected chi connectivity index (χ0v) is 11.7. The molecule has 1 fully saturated rings. The van der Waals surface area contributed by atoms with Gasteiger partial charge in [0, 0.05) is 5.56 Å². The fraction of sp³-hybridized carbons (Fsp3) is 0.625. The van der Waals surface area contributed by atoms with Gasteiger partial charge in [-0.15, -0.1) is 0 Å². The maximum atomic E-state index is 10.9. The molecule has 0 saturated heterocycles. The Labute approximate surface area is 110 Å². The van der Waals surface area contributed by atoms with Crippen LogP contribution in [0.5, 0.6) is 5.75 Å². The molecule has 0 bridgehead atoms. The number of aryl methyl sites for hydroxylation is 1. The molecule has 2 nitrogen and oxygen atoms in total. The Kier molecular flexibility index (Phi) is 3.96. The highest BCUT2D eigenvalue weighted by Crippen LogP contribution is 2.43. The van der Waals surface area contributed by atoms with E-state index in [1.165, 1.54) is 12.0 Å². The Hall–Kier alpha value is -1.02. The summed E-state index contributed by atoms with van der Waals surface area (Å²) in [5, 5.41) is 10.9. The second-order valence-corrected chi connectivity index (χ2v) is 5.59. The minimum Gasteiger partial charge on any atom is -0.496 e. The molecule has 1 saturated carbocycles. The van der Waals surface area contributed by atoms with E-state index in [4.69, 9.17) is 4.74 Å². The van der Waals surface area contributed by atoms with Crippen molar-refractivity contribution < 1.29 is 9.84 Å². The van der Waals surface area contributed by atoms with Crippen molar-refractivity contribution in [2.24, 2.45) is 5.92 Å². The fourth-order valence-electron chi connectivity index (χ4n) is 3.02. The number of hydrogen-bond acceptors (Lipinski definition) is 2. The molecule has 0 aliphatic heterocycles. The molecule has 0 atom stereocenters. The molecule has 1 N–H and O–H groups in total. The second kappa shape index (κ2) is 5.31. The molecule has 0 aromatic heterocycles. The Bertz CT molecular complexity index is 404. The van der Waals surface area contributed by atoms with E-state index in [9.17, 15) is 5.11 Å². The minimum atomic E-state index is -0.691. The lowest BCUT2D eigenvalue weighted by atomic mass is 9.74. The van der Waals surface area contributed by atoms with Crippen LogP contribution in [0.3, 0.4) is 0 Å². The van der Waals surface area contributed by atoms with Crippen LogP contribution in [0.4, 0.5) is 0 Å². The summed E-state index contributed by atoms with van der Waals surface area (Å²) < 4.78 is 5.41. The number of aliphatic hydroxyl groups is 1. The first-order chi connectivity index (χ1) is 8.59. The first-order valence-electron chi connectivity index (χ1n) is 6.96. The lowest BCUT2D eigenvalue weighted by Gasteiger charge is -2.37. The van der Waals surface area contributed by atoms with E-state index >= 15 is 0 Å². The quantitative estimate of drug-likeness (QED) is 0.881. The third-order valence-corrected chi connectivity index (χ3v) is 4.37. The van der Waals surface area contributed by atoms with Crippen molar-refractivity contribution in [2.45, 2.75) is 51.6 Å². The van der Waals surface area contributed by atoms with Gasteiger partial charge in [-0.1, -0.05) is 25.0 Å². The van der Waals surface area contributed by atoms with Gasteiger partial charge in [-0.25, -0.2) is 0 Å². The van der Waals surface area contributed by atoms with Gasteiger partial charge in [0.15, 0.2) is 0 Å². The van der Waals surface area contributed by atoms with Crippen LogP contribution < -0.4 is 4.74 Å². The summed E-state index contributed by atoms with van der Waals surface area (Å²) in [5.74, 6) is 1.60. The van der Waals surface area contributed by atoms with Gasteiger partial charge in [-0.3, -0.25) is 0 Å². The molecular formula is C16H24O2. The van der Waals surface area contributed by atoms with Gasteiger partial charge in [-0.05, 0) is 50.7 Å².